The number of hydrogen-bond acceptors (Lipinski definition) is 6. The van der Waals surface area contributed by atoms with Gasteiger partial charge in [0.05, 0.1) is 15.3 Å². The summed E-state index contributed by atoms with van der Waals surface area (Å²) in [7, 11) is -4.02. The lowest BCUT2D eigenvalue weighted by Crippen LogP contribution is -2.08. The van der Waals surface area contributed by atoms with Crippen LogP contribution in [0.15, 0.2) is 40.6 Å². The smallest absolute Gasteiger partial charge is 0.348 e. The van der Waals surface area contributed by atoms with E-state index in [1.165, 1.54) is 30.3 Å². The van der Waals surface area contributed by atoms with Gasteiger partial charge in [-0.3, -0.25) is 10.1 Å². The Morgan fingerprint density at radius 3 is 2.58 bits per heavy atom. The SMILES string of the molecule is O=[N+]([O-])c1cccc(OS(=O)(=O)c2ccc(Cl)s2)c1. The Morgan fingerprint density at radius 2 is 2.00 bits per heavy atom. The number of hydrogen-bond donors (Lipinski definition) is 0. The first kappa shape index (κ1) is 13.8. The van der Waals surface area contributed by atoms with Crippen LogP contribution in [0.5, 0.6) is 5.75 Å². The fraction of sp³-hybridized carbons (Fsp3) is 0. The summed E-state index contributed by atoms with van der Waals surface area (Å²) in [5.41, 5.74) is -0.253. The molecule has 0 unspecified atom stereocenters. The minimum atomic E-state index is -4.02. The van der Waals surface area contributed by atoms with Gasteiger partial charge in [-0.2, -0.15) is 8.42 Å². The molecule has 0 spiro atoms. The normalized spacial score (nSPS) is 11.2. The standard InChI is InChI=1S/C10H6ClNO5S2/c11-9-4-5-10(18-9)19(15,16)17-8-3-1-2-7(6-8)12(13)14/h1-6H. The minimum Gasteiger partial charge on any atom is -0.378 e. The van der Waals surface area contributed by atoms with Crippen molar-refractivity contribution >= 4 is 38.7 Å². The lowest BCUT2D eigenvalue weighted by Gasteiger charge is -2.04. The predicted octanol–water partition coefficient (Wildman–Crippen LogP) is 3.08. The number of nitro groups is 1. The van der Waals surface area contributed by atoms with Crippen molar-refractivity contribution in [3.63, 3.8) is 0 Å². The van der Waals surface area contributed by atoms with Gasteiger partial charge in [-0.05, 0) is 18.2 Å². The first-order valence-electron chi connectivity index (χ1n) is 4.83. The van der Waals surface area contributed by atoms with Crippen molar-refractivity contribution in [3.8, 4) is 5.75 Å². The lowest BCUT2D eigenvalue weighted by atomic mass is 10.3. The van der Waals surface area contributed by atoms with E-state index in [0.29, 0.717) is 4.34 Å². The third-order valence-electron chi connectivity index (χ3n) is 2.03. The van der Waals surface area contributed by atoms with Crippen LogP contribution in [0.1, 0.15) is 0 Å². The Bertz CT molecular complexity index is 725. The number of rotatable bonds is 4. The largest absolute Gasteiger partial charge is 0.378 e. The van der Waals surface area contributed by atoms with Gasteiger partial charge < -0.3 is 4.18 Å². The molecule has 2 rings (SSSR count). The third kappa shape index (κ3) is 3.22. The number of nitro benzene ring substituents is 1. The van der Waals surface area contributed by atoms with Crippen LogP contribution in [0.25, 0.3) is 0 Å². The van der Waals surface area contributed by atoms with Crippen molar-refractivity contribution in [2.24, 2.45) is 0 Å². The monoisotopic (exact) mass is 319 g/mol. The van der Waals surface area contributed by atoms with Crippen LogP contribution in [0.4, 0.5) is 5.69 Å². The zero-order valence-electron chi connectivity index (χ0n) is 9.15. The molecule has 2 aromatic rings. The fourth-order valence-electron chi connectivity index (χ4n) is 1.25. The molecule has 1 aromatic heterocycles. The van der Waals surface area contributed by atoms with Gasteiger partial charge in [-0.1, -0.05) is 17.7 Å². The molecule has 0 fully saturated rings. The Morgan fingerprint density at radius 1 is 1.26 bits per heavy atom. The van der Waals surface area contributed by atoms with E-state index in [1.54, 1.807) is 0 Å². The molecule has 0 saturated heterocycles. The molecule has 0 aliphatic rings. The van der Waals surface area contributed by atoms with Gasteiger partial charge in [0.2, 0.25) is 0 Å². The molecular formula is C10H6ClNO5S2. The molecule has 1 heterocycles. The van der Waals surface area contributed by atoms with Crippen LogP contribution >= 0.6 is 22.9 Å². The molecule has 100 valence electrons. The van der Waals surface area contributed by atoms with Crippen molar-refractivity contribution in [1.29, 1.82) is 0 Å². The molecule has 0 amide bonds. The number of halogens is 1. The highest BCUT2D eigenvalue weighted by molar-refractivity contribution is 7.89. The molecule has 0 aliphatic carbocycles. The summed E-state index contributed by atoms with van der Waals surface area (Å²) in [6.45, 7) is 0. The van der Waals surface area contributed by atoms with E-state index in [0.717, 1.165) is 17.4 Å². The van der Waals surface area contributed by atoms with Crippen LogP contribution in [0.2, 0.25) is 4.34 Å². The van der Waals surface area contributed by atoms with Crippen LogP contribution in [0.3, 0.4) is 0 Å². The number of non-ortho nitro benzene ring substituents is 1. The van der Waals surface area contributed by atoms with Crippen LogP contribution in [-0.2, 0) is 10.1 Å². The molecule has 0 atom stereocenters. The number of nitrogens with zero attached hydrogens (tertiary/aromatic N) is 1. The second-order valence-corrected chi connectivity index (χ2v) is 6.84. The fourth-order valence-corrected chi connectivity index (χ4v) is 3.62. The van der Waals surface area contributed by atoms with Crippen LogP contribution in [0, 0.1) is 10.1 Å². The van der Waals surface area contributed by atoms with Gasteiger partial charge in [0.25, 0.3) is 5.69 Å². The van der Waals surface area contributed by atoms with Crippen molar-refractivity contribution in [2.75, 3.05) is 0 Å². The molecule has 0 radical (unpaired) electrons. The Balaban J connectivity index is 2.30. The molecule has 0 N–H and O–H groups in total. The summed E-state index contributed by atoms with van der Waals surface area (Å²) in [6.07, 6.45) is 0. The Kier molecular flexibility index (Phi) is 3.74. The van der Waals surface area contributed by atoms with Gasteiger partial charge in [-0.15, -0.1) is 11.3 Å². The first-order chi connectivity index (χ1) is 8.88. The molecule has 9 heteroatoms. The summed E-state index contributed by atoms with van der Waals surface area (Å²) in [5, 5.41) is 10.6. The zero-order valence-corrected chi connectivity index (χ0v) is 11.5. The predicted molar refractivity (Wildman–Crippen MR) is 70.2 cm³/mol. The van der Waals surface area contributed by atoms with E-state index in [1.807, 2.05) is 0 Å². The van der Waals surface area contributed by atoms with Gasteiger partial charge in [0.1, 0.15) is 5.75 Å². The molecule has 19 heavy (non-hydrogen) atoms. The maximum absolute atomic E-state index is 11.9. The van der Waals surface area contributed by atoms with E-state index in [4.69, 9.17) is 15.8 Å². The third-order valence-corrected chi connectivity index (χ3v) is 4.96. The quantitative estimate of drug-likeness (QED) is 0.491. The van der Waals surface area contributed by atoms with Gasteiger partial charge >= 0.3 is 10.1 Å². The van der Waals surface area contributed by atoms with Crippen molar-refractivity contribution in [2.45, 2.75) is 4.21 Å². The first-order valence-corrected chi connectivity index (χ1v) is 7.43. The molecule has 0 aliphatic heterocycles. The highest BCUT2D eigenvalue weighted by Gasteiger charge is 2.20. The summed E-state index contributed by atoms with van der Waals surface area (Å²) in [6, 6.07) is 7.66. The van der Waals surface area contributed by atoms with E-state index in [9.17, 15) is 18.5 Å². The highest BCUT2D eigenvalue weighted by Crippen LogP contribution is 2.29. The second kappa shape index (κ2) is 5.16. The average Bonchev–Trinajstić information content (AvgIpc) is 2.76. The average molecular weight is 320 g/mol. The van der Waals surface area contributed by atoms with E-state index in [2.05, 4.69) is 0 Å². The number of benzene rings is 1. The van der Waals surface area contributed by atoms with Gasteiger partial charge in [0.15, 0.2) is 4.21 Å². The van der Waals surface area contributed by atoms with Crippen LogP contribution in [-0.4, -0.2) is 13.3 Å². The minimum absolute atomic E-state index is 0.0657. The Hall–Kier alpha value is -1.64. The second-order valence-electron chi connectivity index (χ2n) is 3.35. The summed E-state index contributed by atoms with van der Waals surface area (Å²) in [5.74, 6) is -0.126. The van der Waals surface area contributed by atoms with E-state index in [-0.39, 0.29) is 15.6 Å². The molecule has 0 bridgehead atoms. The Labute approximate surface area is 117 Å². The van der Waals surface area contributed by atoms with Crippen molar-refractivity contribution in [3.05, 3.63) is 50.8 Å². The molecule has 0 saturated carbocycles. The van der Waals surface area contributed by atoms with Crippen LogP contribution < -0.4 is 4.18 Å². The van der Waals surface area contributed by atoms with E-state index < -0.39 is 15.0 Å². The molecule has 6 nitrogen and oxygen atoms in total. The highest BCUT2D eigenvalue weighted by atomic mass is 35.5. The maximum Gasteiger partial charge on any atom is 0.348 e. The topological polar surface area (TPSA) is 86.5 Å². The van der Waals surface area contributed by atoms with Crippen molar-refractivity contribution < 1.29 is 17.5 Å². The summed E-state index contributed by atoms with van der Waals surface area (Å²) in [4.78, 5) is 9.94. The zero-order chi connectivity index (χ0) is 14.0. The lowest BCUT2D eigenvalue weighted by molar-refractivity contribution is -0.384. The van der Waals surface area contributed by atoms with Gasteiger partial charge in [0, 0.05) is 6.07 Å². The number of thiophene rings is 1. The van der Waals surface area contributed by atoms with Gasteiger partial charge in [-0.25, -0.2) is 0 Å². The summed E-state index contributed by atoms with van der Waals surface area (Å²) < 4.78 is 28.8. The molecule has 1 aromatic carbocycles. The van der Waals surface area contributed by atoms with E-state index >= 15 is 0 Å². The summed E-state index contributed by atoms with van der Waals surface area (Å²) >= 11 is 6.49. The van der Waals surface area contributed by atoms with Crippen molar-refractivity contribution in [1.82, 2.24) is 0 Å². The molecular weight excluding hydrogens is 314 g/mol. The maximum atomic E-state index is 11.9.